The highest BCUT2D eigenvalue weighted by Gasteiger charge is 2.71. The van der Waals surface area contributed by atoms with E-state index in [1.165, 1.54) is 30.3 Å². The third-order valence-electron chi connectivity index (χ3n) is 8.01. The molecule has 2 aromatic carbocycles. The van der Waals surface area contributed by atoms with Crippen molar-refractivity contribution < 1.29 is 27.6 Å². The standard InChI is InChI=1S/C25H23Cl2F3N2O3/c1-22(2)23(3)9-10-24(22,21(34)31-16-6-4-5-14(11-16)25(28,29)30)13-19(23)32-35-20(33)17-8-7-15(26)12-18(17)27/h4-8,11-12H,9-10,13H2,1-3H3,(H,31,34)/b32-19+. The van der Waals surface area contributed by atoms with Gasteiger partial charge in [0.25, 0.3) is 0 Å². The van der Waals surface area contributed by atoms with Crippen LogP contribution in [0.5, 0.6) is 0 Å². The maximum absolute atomic E-state index is 13.5. The molecule has 186 valence electrons. The quantitative estimate of drug-likeness (QED) is 0.333. The average Bonchev–Trinajstić information content (AvgIpc) is 3.08. The van der Waals surface area contributed by atoms with Crippen LogP contribution >= 0.6 is 23.2 Å². The normalized spacial score (nSPS) is 26.1. The highest BCUT2D eigenvalue weighted by Crippen LogP contribution is 2.71. The van der Waals surface area contributed by atoms with Gasteiger partial charge in [0.05, 0.1) is 27.3 Å². The van der Waals surface area contributed by atoms with Crippen LogP contribution in [0.15, 0.2) is 47.6 Å². The molecular weight excluding hydrogens is 504 g/mol. The Kier molecular flexibility index (Phi) is 6.21. The van der Waals surface area contributed by atoms with Crippen molar-refractivity contribution in [2.75, 3.05) is 5.32 Å². The van der Waals surface area contributed by atoms with Gasteiger partial charge >= 0.3 is 12.1 Å². The predicted octanol–water partition coefficient (Wildman–Crippen LogP) is 7.38. The van der Waals surface area contributed by atoms with Crippen LogP contribution in [-0.2, 0) is 15.8 Å². The summed E-state index contributed by atoms with van der Waals surface area (Å²) in [5, 5.41) is 7.31. The van der Waals surface area contributed by atoms with Gasteiger partial charge in [-0.3, -0.25) is 4.79 Å². The van der Waals surface area contributed by atoms with Gasteiger partial charge in [0, 0.05) is 22.5 Å². The number of benzene rings is 2. The SMILES string of the molecule is CC12CCC(C(=O)Nc3cccc(C(F)(F)F)c3)(C/C1=N\OC(=O)c1ccc(Cl)cc1Cl)C2(C)C. The molecule has 2 bridgehead atoms. The number of alkyl halides is 3. The zero-order chi connectivity index (χ0) is 25.8. The molecule has 0 aromatic heterocycles. The number of nitrogens with one attached hydrogen (secondary N) is 1. The topological polar surface area (TPSA) is 67.8 Å². The van der Waals surface area contributed by atoms with Crippen LogP contribution in [0.3, 0.4) is 0 Å². The number of nitrogens with zero attached hydrogens (tertiary/aromatic N) is 1. The number of halogens is 5. The second-order valence-corrected chi connectivity index (χ2v) is 10.6. The van der Waals surface area contributed by atoms with Gasteiger partial charge in [0.2, 0.25) is 5.91 Å². The number of anilines is 1. The molecule has 1 amide bonds. The van der Waals surface area contributed by atoms with E-state index in [0.29, 0.717) is 23.6 Å². The summed E-state index contributed by atoms with van der Waals surface area (Å²) < 4.78 is 39.3. The number of hydrogen-bond donors (Lipinski definition) is 1. The van der Waals surface area contributed by atoms with Crippen molar-refractivity contribution in [1.82, 2.24) is 0 Å². The average molecular weight is 527 g/mol. The molecule has 35 heavy (non-hydrogen) atoms. The molecule has 1 N–H and O–H groups in total. The number of fused-ring (bicyclic) bond motifs is 2. The Balaban J connectivity index is 1.59. The minimum absolute atomic E-state index is 0.0674. The Bertz CT molecular complexity index is 1240. The fourth-order valence-electron chi connectivity index (χ4n) is 5.35. The van der Waals surface area contributed by atoms with Gasteiger partial charge in [-0.1, -0.05) is 55.2 Å². The molecule has 2 atom stereocenters. The van der Waals surface area contributed by atoms with Crippen molar-refractivity contribution in [2.45, 2.75) is 46.2 Å². The van der Waals surface area contributed by atoms with E-state index in [-0.39, 0.29) is 28.6 Å². The van der Waals surface area contributed by atoms with E-state index in [9.17, 15) is 22.8 Å². The highest BCUT2D eigenvalue weighted by atomic mass is 35.5. The van der Waals surface area contributed by atoms with Crippen molar-refractivity contribution in [3.63, 3.8) is 0 Å². The molecule has 10 heteroatoms. The maximum Gasteiger partial charge on any atom is 0.416 e. The van der Waals surface area contributed by atoms with Crippen molar-refractivity contribution >= 4 is 46.5 Å². The predicted molar refractivity (Wildman–Crippen MR) is 128 cm³/mol. The van der Waals surface area contributed by atoms with Gasteiger partial charge in [-0.2, -0.15) is 13.2 Å². The molecule has 5 nitrogen and oxygen atoms in total. The van der Waals surface area contributed by atoms with Crippen LogP contribution in [0.2, 0.25) is 10.0 Å². The summed E-state index contributed by atoms with van der Waals surface area (Å²) in [6.07, 6.45) is -3.18. The number of carbonyl (C=O) groups excluding carboxylic acids is 2. The molecule has 2 aliphatic carbocycles. The lowest BCUT2D eigenvalue weighted by Gasteiger charge is -2.39. The number of hydrogen-bond acceptors (Lipinski definition) is 4. The molecule has 2 unspecified atom stereocenters. The van der Waals surface area contributed by atoms with Crippen molar-refractivity contribution in [3.8, 4) is 0 Å². The molecule has 2 fully saturated rings. The number of carbonyl (C=O) groups is 2. The monoisotopic (exact) mass is 526 g/mol. The zero-order valence-corrected chi connectivity index (χ0v) is 20.7. The van der Waals surface area contributed by atoms with Crippen LogP contribution in [0, 0.1) is 16.2 Å². The fraction of sp³-hybridized carbons (Fsp3) is 0.400. The van der Waals surface area contributed by atoms with Crippen LogP contribution in [0.1, 0.15) is 56.0 Å². The minimum atomic E-state index is -4.52. The molecule has 0 radical (unpaired) electrons. The van der Waals surface area contributed by atoms with E-state index in [1.807, 2.05) is 20.8 Å². The first kappa shape index (κ1) is 25.5. The molecule has 4 rings (SSSR count). The summed E-state index contributed by atoms with van der Waals surface area (Å²) in [4.78, 5) is 31.3. The number of amides is 1. The van der Waals surface area contributed by atoms with Gasteiger partial charge in [-0.25, -0.2) is 4.79 Å². The Labute approximate surface area is 210 Å². The lowest BCUT2D eigenvalue weighted by atomic mass is 9.64. The van der Waals surface area contributed by atoms with Crippen molar-refractivity contribution in [2.24, 2.45) is 21.4 Å². The summed E-state index contributed by atoms with van der Waals surface area (Å²) >= 11 is 11.9. The zero-order valence-electron chi connectivity index (χ0n) is 19.2. The smallest absolute Gasteiger partial charge is 0.326 e. The Hall–Kier alpha value is -2.58. The largest absolute Gasteiger partial charge is 0.416 e. The fourth-order valence-corrected chi connectivity index (χ4v) is 5.83. The summed E-state index contributed by atoms with van der Waals surface area (Å²) in [6.45, 7) is 5.83. The minimum Gasteiger partial charge on any atom is -0.326 e. The van der Waals surface area contributed by atoms with Gasteiger partial charge in [-0.05, 0) is 54.7 Å². The van der Waals surface area contributed by atoms with Gasteiger partial charge < -0.3 is 10.2 Å². The van der Waals surface area contributed by atoms with Crippen molar-refractivity contribution in [1.29, 1.82) is 0 Å². The third-order valence-corrected chi connectivity index (χ3v) is 8.55. The van der Waals surface area contributed by atoms with Crippen LogP contribution in [-0.4, -0.2) is 17.6 Å². The lowest BCUT2D eigenvalue weighted by molar-refractivity contribution is -0.137. The highest BCUT2D eigenvalue weighted by molar-refractivity contribution is 6.36. The number of oxime groups is 1. The maximum atomic E-state index is 13.5. The third kappa shape index (κ3) is 4.10. The van der Waals surface area contributed by atoms with E-state index in [0.717, 1.165) is 12.1 Å². The Morgan fingerprint density at radius 2 is 1.77 bits per heavy atom. The first-order chi connectivity index (χ1) is 16.2. The van der Waals surface area contributed by atoms with Crippen molar-refractivity contribution in [3.05, 3.63) is 63.6 Å². The first-order valence-electron chi connectivity index (χ1n) is 10.9. The summed E-state index contributed by atoms with van der Waals surface area (Å²) in [7, 11) is 0. The molecule has 2 saturated carbocycles. The molecular formula is C25H23Cl2F3N2O3. The molecule has 2 aromatic rings. The van der Waals surface area contributed by atoms with Gasteiger partial charge in [-0.15, -0.1) is 0 Å². The van der Waals surface area contributed by atoms with E-state index in [2.05, 4.69) is 10.5 Å². The summed E-state index contributed by atoms with van der Waals surface area (Å²) in [6, 6.07) is 8.90. The van der Waals surface area contributed by atoms with E-state index < -0.39 is 34.0 Å². The first-order valence-corrected chi connectivity index (χ1v) is 11.7. The molecule has 2 aliphatic rings. The van der Waals surface area contributed by atoms with E-state index in [4.69, 9.17) is 28.0 Å². The van der Waals surface area contributed by atoms with Gasteiger partial charge in [0.15, 0.2) is 0 Å². The van der Waals surface area contributed by atoms with Crippen LogP contribution < -0.4 is 5.32 Å². The molecule has 0 heterocycles. The number of rotatable bonds is 4. The second kappa shape index (κ2) is 8.52. The van der Waals surface area contributed by atoms with Crippen LogP contribution in [0.25, 0.3) is 0 Å². The van der Waals surface area contributed by atoms with Gasteiger partial charge in [0.1, 0.15) is 0 Å². The molecule has 0 saturated heterocycles. The summed E-state index contributed by atoms with van der Waals surface area (Å²) in [5.74, 6) is -1.14. The Morgan fingerprint density at radius 1 is 1.06 bits per heavy atom. The molecule has 0 spiro atoms. The van der Waals surface area contributed by atoms with Crippen LogP contribution in [0.4, 0.5) is 18.9 Å². The summed E-state index contributed by atoms with van der Waals surface area (Å²) in [5.41, 5.74) is -2.21. The lowest BCUT2D eigenvalue weighted by Crippen LogP contribution is -2.43. The molecule has 0 aliphatic heterocycles. The van der Waals surface area contributed by atoms with E-state index >= 15 is 0 Å². The second-order valence-electron chi connectivity index (χ2n) is 9.79. The Morgan fingerprint density at radius 3 is 2.43 bits per heavy atom. The van der Waals surface area contributed by atoms with E-state index in [1.54, 1.807) is 0 Å².